The van der Waals surface area contributed by atoms with Crippen LogP contribution in [0.3, 0.4) is 0 Å². The maximum absolute atomic E-state index is 13.8. The first-order valence-electron chi connectivity index (χ1n) is 9.81. The number of carbonyl (C=O) groups excluding carboxylic acids is 2. The van der Waals surface area contributed by atoms with Gasteiger partial charge in [-0.05, 0) is 29.8 Å². The Morgan fingerprint density at radius 2 is 2.07 bits per heavy atom. The van der Waals surface area contributed by atoms with Crippen molar-refractivity contribution in [3.8, 4) is 5.75 Å². The number of ether oxygens (including phenoxy) is 1. The minimum Gasteiger partial charge on any atom is -0.492 e. The summed E-state index contributed by atoms with van der Waals surface area (Å²) >= 11 is 5.75. The van der Waals surface area contributed by atoms with Crippen LogP contribution in [0.15, 0.2) is 48.5 Å². The van der Waals surface area contributed by atoms with Gasteiger partial charge in [0.1, 0.15) is 18.2 Å². The van der Waals surface area contributed by atoms with E-state index in [1.807, 2.05) is 35.2 Å². The van der Waals surface area contributed by atoms with Gasteiger partial charge in [0, 0.05) is 26.7 Å². The maximum atomic E-state index is 13.8. The largest absolute Gasteiger partial charge is 0.492 e. The fraction of sp³-hybridized carbons (Fsp3) is 0.364. The Morgan fingerprint density at radius 1 is 1.30 bits per heavy atom. The molecule has 2 aromatic rings. The van der Waals surface area contributed by atoms with Crippen LogP contribution in [0.5, 0.6) is 5.75 Å². The van der Waals surface area contributed by atoms with Gasteiger partial charge in [0.05, 0.1) is 24.0 Å². The third kappa shape index (κ3) is 5.93. The molecule has 1 aliphatic heterocycles. The lowest BCUT2D eigenvalue weighted by Gasteiger charge is -2.35. The highest BCUT2D eigenvalue weighted by Gasteiger charge is 2.32. The SMILES string of the molecule is CN(CCOc1ccccc1)C(=O)C[C@@H]1C(=O)NCCN1Cc1ccc(Cl)c(F)c1. The van der Waals surface area contributed by atoms with E-state index >= 15 is 0 Å². The van der Waals surface area contributed by atoms with E-state index in [2.05, 4.69) is 5.32 Å². The number of likely N-dealkylation sites (N-methyl/N-ethyl adjacent to an activating group) is 1. The molecule has 1 fully saturated rings. The molecule has 0 unspecified atom stereocenters. The standard InChI is InChI=1S/C22H25ClFN3O3/c1-26(11-12-30-17-5-3-2-4-6-17)21(28)14-20-22(29)25-9-10-27(20)15-16-7-8-18(23)19(24)13-16/h2-8,13,20H,9-12,14-15H2,1H3,(H,25,29)/t20-/m1/s1. The second-order valence-corrected chi connectivity index (χ2v) is 7.61. The van der Waals surface area contributed by atoms with Crippen molar-refractivity contribution in [2.24, 2.45) is 0 Å². The molecule has 2 amide bonds. The summed E-state index contributed by atoms with van der Waals surface area (Å²) in [5, 5.41) is 2.86. The van der Waals surface area contributed by atoms with Crippen LogP contribution >= 0.6 is 11.6 Å². The van der Waals surface area contributed by atoms with Gasteiger partial charge in [-0.1, -0.05) is 35.9 Å². The van der Waals surface area contributed by atoms with Gasteiger partial charge < -0.3 is 15.0 Å². The molecule has 0 bridgehead atoms. The van der Waals surface area contributed by atoms with Crippen LogP contribution in [0.2, 0.25) is 5.02 Å². The summed E-state index contributed by atoms with van der Waals surface area (Å²) in [6, 6.07) is 13.4. The molecule has 0 aliphatic carbocycles. The smallest absolute Gasteiger partial charge is 0.237 e. The molecule has 1 N–H and O–H groups in total. The second-order valence-electron chi connectivity index (χ2n) is 7.21. The van der Waals surface area contributed by atoms with Gasteiger partial charge in [-0.15, -0.1) is 0 Å². The van der Waals surface area contributed by atoms with E-state index in [0.717, 1.165) is 5.75 Å². The molecule has 1 atom stereocenters. The number of rotatable bonds is 8. The van der Waals surface area contributed by atoms with Crippen LogP contribution in [0.1, 0.15) is 12.0 Å². The first kappa shape index (κ1) is 22.1. The summed E-state index contributed by atoms with van der Waals surface area (Å²) in [6.07, 6.45) is 0.0454. The Kier molecular flexibility index (Phi) is 7.65. The quantitative estimate of drug-likeness (QED) is 0.695. The molecule has 3 rings (SSSR count). The molecule has 0 spiro atoms. The molecular weight excluding hydrogens is 409 g/mol. The lowest BCUT2D eigenvalue weighted by molar-refractivity contribution is -0.138. The maximum Gasteiger partial charge on any atom is 0.237 e. The van der Waals surface area contributed by atoms with E-state index in [1.165, 1.54) is 12.1 Å². The number of carbonyl (C=O) groups is 2. The van der Waals surface area contributed by atoms with Crippen molar-refractivity contribution in [3.63, 3.8) is 0 Å². The average Bonchev–Trinajstić information content (AvgIpc) is 2.74. The van der Waals surface area contributed by atoms with Crippen molar-refractivity contribution >= 4 is 23.4 Å². The highest BCUT2D eigenvalue weighted by Crippen LogP contribution is 2.19. The summed E-state index contributed by atoms with van der Waals surface area (Å²) < 4.78 is 19.4. The highest BCUT2D eigenvalue weighted by molar-refractivity contribution is 6.30. The number of para-hydroxylation sites is 1. The molecule has 2 aromatic carbocycles. The zero-order valence-corrected chi connectivity index (χ0v) is 17.6. The molecule has 0 saturated carbocycles. The topological polar surface area (TPSA) is 61.9 Å². The number of piperazine rings is 1. The third-order valence-corrected chi connectivity index (χ3v) is 5.35. The Balaban J connectivity index is 1.56. The highest BCUT2D eigenvalue weighted by atomic mass is 35.5. The second kappa shape index (κ2) is 10.4. The van der Waals surface area contributed by atoms with Crippen molar-refractivity contribution in [2.45, 2.75) is 19.0 Å². The number of nitrogens with zero attached hydrogens (tertiary/aromatic N) is 2. The normalized spacial score (nSPS) is 16.8. The van der Waals surface area contributed by atoms with Gasteiger partial charge in [0.2, 0.25) is 11.8 Å². The predicted molar refractivity (Wildman–Crippen MR) is 113 cm³/mol. The number of hydrogen-bond donors (Lipinski definition) is 1. The van der Waals surface area contributed by atoms with Crippen molar-refractivity contribution in [1.82, 2.24) is 15.1 Å². The lowest BCUT2D eigenvalue weighted by atomic mass is 10.1. The zero-order chi connectivity index (χ0) is 21.5. The number of amides is 2. The Labute approximate surface area is 180 Å². The summed E-state index contributed by atoms with van der Waals surface area (Å²) in [5.74, 6) is -0.105. The third-order valence-electron chi connectivity index (χ3n) is 5.04. The molecule has 0 aromatic heterocycles. The van der Waals surface area contributed by atoms with Crippen LogP contribution in [-0.4, -0.2) is 60.9 Å². The minimum atomic E-state index is -0.609. The van der Waals surface area contributed by atoms with Crippen LogP contribution in [-0.2, 0) is 16.1 Å². The van der Waals surface area contributed by atoms with E-state index in [9.17, 15) is 14.0 Å². The van der Waals surface area contributed by atoms with Gasteiger partial charge in [0.25, 0.3) is 0 Å². The number of hydrogen-bond acceptors (Lipinski definition) is 4. The Bertz CT molecular complexity index is 881. The molecule has 0 radical (unpaired) electrons. The minimum absolute atomic E-state index is 0.0454. The van der Waals surface area contributed by atoms with E-state index < -0.39 is 11.9 Å². The molecule has 1 aliphatic rings. The molecule has 1 heterocycles. The number of benzene rings is 2. The van der Waals surface area contributed by atoms with Gasteiger partial charge in [0.15, 0.2) is 0 Å². The van der Waals surface area contributed by atoms with Crippen molar-refractivity contribution in [1.29, 1.82) is 0 Å². The Hall–Kier alpha value is -2.64. The fourth-order valence-electron chi connectivity index (χ4n) is 3.31. The summed E-state index contributed by atoms with van der Waals surface area (Å²) in [5.41, 5.74) is 0.702. The van der Waals surface area contributed by atoms with Crippen molar-refractivity contribution in [3.05, 3.63) is 64.9 Å². The number of halogens is 2. The summed E-state index contributed by atoms with van der Waals surface area (Å²) in [6.45, 7) is 2.19. The van der Waals surface area contributed by atoms with E-state index in [-0.39, 0.29) is 23.3 Å². The first-order chi connectivity index (χ1) is 14.4. The summed E-state index contributed by atoms with van der Waals surface area (Å²) in [7, 11) is 1.69. The van der Waals surface area contributed by atoms with Gasteiger partial charge in [-0.25, -0.2) is 4.39 Å². The van der Waals surface area contributed by atoms with E-state index in [4.69, 9.17) is 16.3 Å². The molecule has 6 nitrogen and oxygen atoms in total. The van der Waals surface area contributed by atoms with Crippen molar-refractivity contribution < 1.29 is 18.7 Å². The molecule has 8 heteroatoms. The number of nitrogens with one attached hydrogen (secondary N) is 1. The first-order valence-corrected chi connectivity index (χ1v) is 10.2. The zero-order valence-electron chi connectivity index (χ0n) is 16.8. The van der Waals surface area contributed by atoms with Crippen molar-refractivity contribution in [2.75, 3.05) is 33.3 Å². The molecule has 1 saturated heterocycles. The van der Waals surface area contributed by atoms with E-state index in [0.29, 0.717) is 38.3 Å². The van der Waals surface area contributed by atoms with E-state index in [1.54, 1.807) is 18.0 Å². The Morgan fingerprint density at radius 3 is 2.80 bits per heavy atom. The molecule has 30 heavy (non-hydrogen) atoms. The predicted octanol–water partition coefficient (Wildman–Crippen LogP) is 2.71. The van der Waals surface area contributed by atoms with Gasteiger partial charge >= 0.3 is 0 Å². The van der Waals surface area contributed by atoms with Crippen LogP contribution in [0.25, 0.3) is 0 Å². The van der Waals surface area contributed by atoms with Gasteiger partial charge in [-0.3, -0.25) is 14.5 Å². The van der Waals surface area contributed by atoms with Crippen LogP contribution in [0.4, 0.5) is 4.39 Å². The fourth-order valence-corrected chi connectivity index (χ4v) is 3.43. The summed E-state index contributed by atoms with van der Waals surface area (Å²) in [4.78, 5) is 28.6. The molecule has 160 valence electrons. The van der Waals surface area contributed by atoms with Crippen LogP contribution < -0.4 is 10.1 Å². The molecular formula is C22H25ClFN3O3. The monoisotopic (exact) mass is 433 g/mol. The van der Waals surface area contributed by atoms with Gasteiger partial charge in [-0.2, -0.15) is 0 Å². The lowest BCUT2D eigenvalue weighted by Crippen LogP contribution is -2.56. The van der Waals surface area contributed by atoms with Crippen LogP contribution in [0, 0.1) is 5.82 Å². The average molecular weight is 434 g/mol.